The molecule has 0 aliphatic carbocycles. The van der Waals surface area contributed by atoms with Crippen molar-refractivity contribution in [3.63, 3.8) is 0 Å². The van der Waals surface area contributed by atoms with Crippen molar-refractivity contribution in [3.8, 4) is 0 Å². The molecule has 1 saturated heterocycles. The first kappa shape index (κ1) is 16.8. The Balaban J connectivity index is 2.60. The van der Waals surface area contributed by atoms with Crippen molar-refractivity contribution in [2.75, 3.05) is 39.8 Å². The highest BCUT2D eigenvalue weighted by molar-refractivity contribution is 5.75. The summed E-state index contributed by atoms with van der Waals surface area (Å²) < 4.78 is 0. The summed E-state index contributed by atoms with van der Waals surface area (Å²) in [6.07, 6.45) is 1.72. The molecule has 0 saturated carbocycles. The second kappa shape index (κ2) is 6.92. The van der Waals surface area contributed by atoms with Gasteiger partial charge in [-0.3, -0.25) is 9.69 Å². The Morgan fingerprint density at radius 2 is 1.85 bits per heavy atom. The Morgan fingerprint density at radius 1 is 1.20 bits per heavy atom. The third-order valence-electron chi connectivity index (χ3n) is 4.28. The molecule has 0 unspecified atom stereocenters. The van der Waals surface area contributed by atoms with Crippen LogP contribution >= 0.6 is 0 Å². The number of carboxylic acid groups (broad SMARTS) is 1. The predicted octanol–water partition coefficient (Wildman–Crippen LogP) is 1.32. The number of hydrogen-bond acceptors (Lipinski definition) is 3. The number of carbonyl (C=O) groups excluding carboxylic acids is 1. The fourth-order valence-corrected chi connectivity index (χ4v) is 2.22. The number of nitrogens with zero attached hydrogens (tertiary/aromatic N) is 3. The normalized spacial score (nSPS) is 17.7. The highest BCUT2D eigenvalue weighted by Crippen LogP contribution is 2.18. The summed E-state index contributed by atoms with van der Waals surface area (Å²) in [5.74, 6) is -0.811. The summed E-state index contributed by atoms with van der Waals surface area (Å²) in [5, 5.41) is 8.83. The van der Waals surface area contributed by atoms with Gasteiger partial charge in [0.15, 0.2) is 0 Å². The second-order valence-electron chi connectivity index (χ2n) is 6.02. The highest BCUT2D eigenvalue weighted by atomic mass is 16.4. The summed E-state index contributed by atoms with van der Waals surface area (Å²) in [7, 11) is 1.84. The van der Waals surface area contributed by atoms with Crippen molar-refractivity contribution >= 4 is 12.0 Å². The zero-order valence-electron chi connectivity index (χ0n) is 13.1. The lowest BCUT2D eigenvalue weighted by molar-refractivity contribution is -0.138. The van der Waals surface area contributed by atoms with Crippen LogP contribution in [0.25, 0.3) is 0 Å². The standard InChI is InChI=1S/C14H27N3O3/c1-5-14(2,3)15(4)13(20)17-8-6-7-16(9-10-17)11-12(18)19/h5-11H2,1-4H3,(H,18,19). The van der Waals surface area contributed by atoms with Gasteiger partial charge in [-0.25, -0.2) is 4.79 Å². The van der Waals surface area contributed by atoms with Crippen molar-refractivity contribution in [1.82, 2.24) is 14.7 Å². The largest absolute Gasteiger partial charge is 0.480 e. The van der Waals surface area contributed by atoms with Crippen LogP contribution < -0.4 is 0 Å². The average Bonchev–Trinajstić information content (AvgIpc) is 2.62. The van der Waals surface area contributed by atoms with Gasteiger partial charge in [0.1, 0.15) is 0 Å². The first-order valence-corrected chi connectivity index (χ1v) is 7.25. The van der Waals surface area contributed by atoms with Gasteiger partial charge in [0.2, 0.25) is 0 Å². The fraction of sp³-hybridized carbons (Fsp3) is 0.857. The van der Waals surface area contributed by atoms with Crippen LogP contribution in [-0.2, 0) is 4.79 Å². The molecule has 0 aromatic rings. The molecule has 1 rings (SSSR count). The van der Waals surface area contributed by atoms with Crippen LogP contribution in [-0.4, -0.2) is 77.1 Å². The second-order valence-corrected chi connectivity index (χ2v) is 6.02. The highest BCUT2D eigenvalue weighted by Gasteiger charge is 2.30. The van der Waals surface area contributed by atoms with E-state index in [4.69, 9.17) is 5.11 Å². The average molecular weight is 285 g/mol. The van der Waals surface area contributed by atoms with E-state index in [1.807, 2.05) is 16.8 Å². The molecule has 2 amide bonds. The van der Waals surface area contributed by atoms with E-state index in [2.05, 4.69) is 20.8 Å². The molecule has 0 aromatic carbocycles. The Kier molecular flexibility index (Phi) is 5.80. The molecule has 0 spiro atoms. The maximum Gasteiger partial charge on any atom is 0.320 e. The van der Waals surface area contributed by atoms with Gasteiger partial charge < -0.3 is 14.9 Å². The molecule has 1 heterocycles. The number of urea groups is 1. The lowest BCUT2D eigenvalue weighted by Crippen LogP contribution is -2.51. The van der Waals surface area contributed by atoms with Crippen LogP contribution in [0.3, 0.4) is 0 Å². The predicted molar refractivity (Wildman–Crippen MR) is 77.8 cm³/mol. The van der Waals surface area contributed by atoms with Crippen molar-refractivity contribution in [1.29, 1.82) is 0 Å². The van der Waals surface area contributed by atoms with E-state index in [1.54, 1.807) is 4.90 Å². The molecule has 1 aliphatic rings. The number of carboxylic acids is 1. The van der Waals surface area contributed by atoms with E-state index in [1.165, 1.54) is 0 Å². The van der Waals surface area contributed by atoms with Crippen LogP contribution in [0.15, 0.2) is 0 Å². The lowest BCUT2D eigenvalue weighted by atomic mass is 10.0. The summed E-state index contributed by atoms with van der Waals surface area (Å²) in [6.45, 7) is 8.88. The van der Waals surface area contributed by atoms with Gasteiger partial charge in [-0.15, -0.1) is 0 Å². The maximum atomic E-state index is 12.5. The quantitative estimate of drug-likeness (QED) is 0.846. The van der Waals surface area contributed by atoms with E-state index in [-0.39, 0.29) is 18.1 Å². The van der Waals surface area contributed by atoms with Crippen molar-refractivity contribution < 1.29 is 14.7 Å². The van der Waals surface area contributed by atoms with E-state index in [9.17, 15) is 9.59 Å². The molecule has 1 N–H and O–H groups in total. The van der Waals surface area contributed by atoms with Gasteiger partial charge in [-0.05, 0) is 26.7 Å². The third kappa shape index (κ3) is 4.37. The van der Waals surface area contributed by atoms with E-state index in [0.29, 0.717) is 19.6 Å². The molecule has 116 valence electrons. The molecular formula is C14H27N3O3. The molecule has 0 bridgehead atoms. The monoisotopic (exact) mass is 285 g/mol. The van der Waals surface area contributed by atoms with Crippen LogP contribution in [0.2, 0.25) is 0 Å². The van der Waals surface area contributed by atoms with Gasteiger partial charge in [0, 0.05) is 38.8 Å². The third-order valence-corrected chi connectivity index (χ3v) is 4.28. The number of aliphatic carboxylic acids is 1. The van der Waals surface area contributed by atoms with Gasteiger partial charge >= 0.3 is 12.0 Å². The molecular weight excluding hydrogens is 258 g/mol. The van der Waals surface area contributed by atoms with Gasteiger partial charge in [0.25, 0.3) is 0 Å². The summed E-state index contributed by atoms with van der Waals surface area (Å²) in [5.41, 5.74) is -0.163. The van der Waals surface area contributed by atoms with Crippen LogP contribution in [0.4, 0.5) is 4.79 Å². The number of amides is 2. The summed E-state index contributed by atoms with van der Waals surface area (Å²) in [4.78, 5) is 28.8. The minimum absolute atomic E-state index is 0.0361. The van der Waals surface area contributed by atoms with Gasteiger partial charge in [-0.1, -0.05) is 6.92 Å². The SMILES string of the molecule is CCC(C)(C)N(C)C(=O)N1CCCN(CC(=O)O)CC1. The first-order chi connectivity index (χ1) is 9.27. The van der Waals surface area contributed by atoms with Crippen LogP contribution in [0.5, 0.6) is 0 Å². The molecule has 1 aliphatic heterocycles. The summed E-state index contributed by atoms with van der Waals surface area (Å²) in [6, 6.07) is 0.0361. The Morgan fingerprint density at radius 3 is 2.40 bits per heavy atom. The Bertz CT molecular complexity index is 358. The van der Waals surface area contributed by atoms with E-state index >= 15 is 0 Å². The van der Waals surface area contributed by atoms with Crippen molar-refractivity contribution in [2.45, 2.75) is 39.2 Å². The lowest BCUT2D eigenvalue weighted by Gasteiger charge is -2.38. The van der Waals surface area contributed by atoms with E-state index in [0.717, 1.165) is 19.4 Å². The number of carbonyl (C=O) groups is 2. The van der Waals surface area contributed by atoms with Crippen LogP contribution in [0, 0.1) is 0 Å². The topological polar surface area (TPSA) is 64.1 Å². The fourth-order valence-electron chi connectivity index (χ4n) is 2.22. The molecule has 0 atom stereocenters. The van der Waals surface area contributed by atoms with Crippen LogP contribution in [0.1, 0.15) is 33.6 Å². The minimum atomic E-state index is -0.811. The van der Waals surface area contributed by atoms with Gasteiger partial charge in [0.05, 0.1) is 6.54 Å². The number of rotatable bonds is 4. The molecule has 6 heteroatoms. The Hall–Kier alpha value is -1.30. The molecule has 1 fully saturated rings. The van der Waals surface area contributed by atoms with Gasteiger partial charge in [-0.2, -0.15) is 0 Å². The van der Waals surface area contributed by atoms with E-state index < -0.39 is 5.97 Å². The maximum absolute atomic E-state index is 12.5. The zero-order valence-corrected chi connectivity index (χ0v) is 13.1. The first-order valence-electron chi connectivity index (χ1n) is 7.25. The molecule has 0 radical (unpaired) electrons. The zero-order chi connectivity index (χ0) is 15.3. The molecule has 0 aromatic heterocycles. The Labute approximate surface area is 121 Å². The molecule has 6 nitrogen and oxygen atoms in total. The summed E-state index contributed by atoms with van der Waals surface area (Å²) >= 11 is 0. The number of hydrogen-bond donors (Lipinski definition) is 1. The van der Waals surface area contributed by atoms with Crippen molar-refractivity contribution in [3.05, 3.63) is 0 Å². The molecule has 20 heavy (non-hydrogen) atoms. The van der Waals surface area contributed by atoms with Crippen molar-refractivity contribution in [2.24, 2.45) is 0 Å². The smallest absolute Gasteiger partial charge is 0.320 e. The minimum Gasteiger partial charge on any atom is -0.480 e.